The molecule has 0 saturated carbocycles. The van der Waals surface area contributed by atoms with Crippen LogP contribution in [0.2, 0.25) is 0 Å². The van der Waals surface area contributed by atoms with Crippen LogP contribution >= 0.6 is 24.4 Å². The van der Waals surface area contributed by atoms with E-state index in [1.165, 1.54) is 57.3 Å². The fourth-order valence-electron chi connectivity index (χ4n) is 10.8. The molecule has 4 amide bonds. The molecule has 6 aromatic carbocycles. The van der Waals surface area contributed by atoms with Gasteiger partial charge in [0.05, 0.1) is 34.6 Å². The molecule has 0 fully saturated rings. The van der Waals surface area contributed by atoms with Gasteiger partial charge in [0.25, 0.3) is 56.9 Å². The lowest BCUT2D eigenvalue weighted by Gasteiger charge is -2.16. The molecule has 12 rings (SSSR count). The normalized spacial score (nSPS) is 14.0. The molecule has 14 N–H and O–H groups in total. The van der Waals surface area contributed by atoms with Crippen molar-refractivity contribution in [3.05, 3.63) is 213 Å². The topological polar surface area (TPSA) is 427 Å². The number of carbonyl (C=O) groups is 6. The van der Waals surface area contributed by atoms with Crippen molar-refractivity contribution in [2.75, 3.05) is 22.1 Å². The van der Waals surface area contributed by atoms with Crippen LogP contribution in [0.15, 0.2) is 92.0 Å². The van der Waals surface area contributed by atoms with Crippen LogP contribution in [0.25, 0.3) is 11.6 Å². The van der Waals surface area contributed by atoms with Crippen molar-refractivity contribution in [3.8, 4) is 0 Å². The highest BCUT2D eigenvalue weighted by Crippen LogP contribution is 2.37. The van der Waals surface area contributed by atoms with Crippen molar-refractivity contribution in [2.24, 2.45) is 0 Å². The van der Waals surface area contributed by atoms with Crippen molar-refractivity contribution in [3.63, 3.8) is 0 Å². The second-order valence-corrected chi connectivity index (χ2v) is 21.6. The van der Waals surface area contributed by atoms with Crippen molar-refractivity contribution < 1.29 is 47.8 Å². The number of aromatic carboxylic acids is 2. The number of nitrogens with one attached hydrogen (secondary N) is 8. The smallest absolute Gasteiger partial charge is 0.335 e. The first-order valence-corrected chi connectivity index (χ1v) is 27.8. The summed E-state index contributed by atoms with van der Waals surface area (Å²) in [4.78, 5) is 131. The second-order valence-electron chi connectivity index (χ2n) is 20.9. The number of hydrogen-bond acceptors (Lipinski definition) is 20. The molecule has 456 valence electrons. The third kappa shape index (κ3) is 11.1. The Balaban J connectivity index is 0.000000185. The average molecular weight is 1260 g/mol. The maximum absolute atomic E-state index is 14.4. The average Bonchev–Trinajstić information content (AvgIpc) is 1.77. The Kier molecular flexibility index (Phi) is 15.8. The van der Waals surface area contributed by atoms with Crippen molar-refractivity contribution in [1.29, 1.82) is 0 Å². The summed E-state index contributed by atoms with van der Waals surface area (Å²) in [6, 6.07) is 15.9. The first kappa shape index (κ1) is 60.2. The minimum Gasteiger partial charge on any atom is -0.478 e. The van der Waals surface area contributed by atoms with Gasteiger partial charge in [-0.25, -0.2) is 47.3 Å². The van der Waals surface area contributed by atoms with E-state index in [0.29, 0.717) is 47.9 Å². The molecule has 10 aromatic rings. The molecular formula is C58H46F2N16O12S2. The molecule has 0 radical (unpaired) electrons. The van der Waals surface area contributed by atoms with Gasteiger partial charge in [-0.15, -0.1) is 10.2 Å². The summed E-state index contributed by atoms with van der Waals surface area (Å²) < 4.78 is 31.5. The quantitative estimate of drug-likeness (QED) is 0.0471. The van der Waals surface area contributed by atoms with Crippen molar-refractivity contribution in [1.82, 2.24) is 60.4 Å². The van der Waals surface area contributed by atoms with Gasteiger partial charge in [0.1, 0.15) is 57.2 Å². The third-order valence-electron chi connectivity index (χ3n) is 15.5. The molecule has 4 aromatic heterocycles. The molecular weight excluding hydrogens is 1210 g/mol. The lowest BCUT2D eigenvalue weighted by atomic mass is 9.98. The lowest BCUT2D eigenvalue weighted by Crippen LogP contribution is -2.36. The molecule has 0 saturated heterocycles. The summed E-state index contributed by atoms with van der Waals surface area (Å²) >= 11 is 10.6. The Morgan fingerprint density at radius 1 is 0.578 bits per heavy atom. The first-order valence-electron chi connectivity index (χ1n) is 27.0. The van der Waals surface area contributed by atoms with Gasteiger partial charge in [-0.2, -0.15) is 0 Å². The number of nitrogens with two attached hydrogens (primary N) is 2. The number of anilines is 6. The van der Waals surface area contributed by atoms with E-state index in [1.54, 1.807) is 26.0 Å². The number of carboxylic acid groups (broad SMARTS) is 2. The van der Waals surface area contributed by atoms with Crippen LogP contribution in [0, 0.1) is 35.0 Å². The minimum atomic E-state index is -1.02. The highest BCUT2D eigenvalue weighted by Gasteiger charge is 2.32. The van der Waals surface area contributed by atoms with Gasteiger partial charge < -0.3 is 53.6 Å². The number of aromatic nitrogens is 8. The maximum Gasteiger partial charge on any atom is 0.335 e. The van der Waals surface area contributed by atoms with Crippen LogP contribution in [0.3, 0.4) is 0 Å². The summed E-state index contributed by atoms with van der Waals surface area (Å²) in [5.41, 5.74) is 12.0. The van der Waals surface area contributed by atoms with Crippen molar-refractivity contribution in [2.45, 2.75) is 64.7 Å². The SMILES string of the molecule is Cc1c(C(=O)O)ccc2c1CC[C@@H]2NC(=O)c1cc(C(=O)NCc2ccc(F)c(Nc3c(N)c(=O)c3=O)c2)n2c(=S)[nH]nc2n1.Cc1c(C(=O)O)ccc2c1CC[C@@H]2NC(=O)c1cc(C(=O)NCc2ccc(F)c(Nc3c(N)c(=O)c3=O)c2)nc2n[nH]c(=S)n12. The van der Waals surface area contributed by atoms with Crippen LogP contribution < -0.4 is 65.1 Å². The summed E-state index contributed by atoms with van der Waals surface area (Å²) in [6.07, 6.45) is 2.27. The number of carbonyl (C=O) groups excluding carboxylic acids is 4. The summed E-state index contributed by atoms with van der Waals surface area (Å²) in [5, 5.41) is 48.3. The highest BCUT2D eigenvalue weighted by atomic mass is 32.1. The third-order valence-corrected chi connectivity index (χ3v) is 16.1. The largest absolute Gasteiger partial charge is 0.478 e. The number of halogens is 2. The Bertz CT molecular complexity index is 5060. The Hall–Kier alpha value is -11.5. The van der Waals surface area contributed by atoms with Crippen LogP contribution in [0.4, 0.5) is 42.9 Å². The van der Waals surface area contributed by atoms with E-state index in [9.17, 15) is 66.9 Å². The first-order chi connectivity index (χ1) is 42.9. The monoisotopic (exact) mass is 1260 g/mol. The van der Waals surface area contributed by atoms with E-state index >= 15 is 0 Å². The van der Waals surface area contributed by atoms with Crippen LogP contribution in [-0.2, 0) is 25.9 Å². The number of hydrogen-bond donors (Lipinski definition) is 12. The number of aromatic amines is 2. The maximum atomic E-state index is 14.4. The molecule has 32 heteroatoms. The van der Waals surface area contributed by atoms with E-state index in [1.807, 2.05) is 0 Å². The Labute approximate surface area is 511 Å². The van der Waals surface area contributed by atoms with E-state index in [0.717, 1.165) is 34.4 Å². The number of nitrogens with zero attached hydrogens (tertiary/aromatic N) is 6. The van der Waals surface area contributed by atoms with Crippen molar-refractivity contribution >= 4 is 106 Å². The number of amides is 4. The van der Waals surface area contributed by atoms with Gasteiger partial charge in [-0.05, 0) is 157 Å². The summed E-state index contributed by atoms with van der Waals surface area (Å²) in [7, 11) is 0. The van der Waals surface area contributed by atoms with Crippen LogP contribution in [0.5, 0.6) is 0 Å². The van der Waals surface area contributed by atoms with Gasteiger partial charge >= 0.3 is 11.9 Å². The Morgan fingerprint density at radius 3 is 1.42 bits per heavy atom. The molecule has 2 aliphatic carbocycles. The fourth-order valence-corrected chi connectivity index (χ4v) is 11.3. The van der Waals surface area contributed by atoms with E-state index in [-0.39, 0.29) is 102 Å². The molecule has 0 aliphatic heterocycles. The van der Waals surface area contributed by atoms with E-state index in [4.69, 9.17) is 35.9 Å². The molecule has 2 atom stereocenters. The van der Waals surface area contributed by atoms with Crippen LogP contribution in [0.1, 0.15) is 132 Å². The minimum absolute atomic E-state index is 0.00456. The molecule has 90 heavy (non-hydrogen) atoms. The fraction of sp³-hybridized carbons (Fsp3) is 0.172. The van der Waals surface area contributed by atoms with Gasteiger partial charge in [0.15, 0.2) is 0 Å². The molecule has 0 unspecified atom stereocenters. The number of fused-ring (bicyclic) bond motifs is 4. The number of rotatable bonds is 16. The highest BCUT2D eigenvalue weighted by molar-refractivity contribution is 7.71. The predicted octanol–water partition coefficient (Wildman–Crippen LogP) is 4.40. The summed E-state index contributed by atoms with van der Waals surface area (Å²) in [5.74, 6) is -5.97. The number of nitrogen functional groups attached to an aromatic ring is 2. The van der Waals surface area contributed by atoms with E-state index in [2.05, 4.69) is 62.3 Å². The second kappa shape index (κ2) is 23.6. The van der Waals surface area contributed by atoms with Gasteiger partial charge in [0, 0.05) is 13.1 Å². The number of H-pyrrole nitrogens is 2. The summed E-state index contributed by atoms with van der Waals surface area (Å²) in [6.45, 7) is 3.29. The van der Waals surface area contributed by atoms with E-state index < -0.39 is 81.0 Å². The lowest BCUT2D eigenvalue weighted by molar-refractivity contribution is 0.0685. The number of carboxylic acids is 2. The zero-order valence-electron chi connectivity index (χ0n) is 46.7. The van der Waals surface area contributed by atoms with Gasteiger partial charge in [-0.3, -0.25) is 38.4 Å². The standard InChI is InChI=1S/2C29H23FN8O6S/c1-11-13-5-7-17(15(13)4-3-14(11)27(43)44)34-25(41)19-9-20(38-28(35-19)36-37-29(38)45)26(42)32-10-12-2-6-16(30)18(8-12)33-22-21(31)23(39)24(22)40;1-11-13-5-7-17(15(13)4-3-14(11)27(43)44)34-26(42)20-9-19(35-28-36-37-29(45)38(20)28)25(41)32-10-12-2-6-16(30)18(8-12)33-22-21(31)23(39)24(22)40/h2-4,6,8-9,17,33H,5,7,10,31H2,1H3,(H,32,42)(H,34,41)(H,37,45)(H,43,44);2-4,6,8-9,17,33H,5,7,10,31H2,1H3,(H,32,41)(H,34,42)(H,37,45)(H,43,44)/t2*17-/m00/s1. The molecule has 0 spiro atoms. The van der Waals surface area contributed by atoms with Crippen LogP contribution in [-0.4, -0.2) is 84.9 Å². The zero-order chi connectivity index (χ0) is 64.3. The molecule has 28 nitrogen and oxygen atoms in total. The van der Waals surface area contributed by atoms with Gasteiger partial charge in [-0.1, -0.05) is 24.3 Å². The van der Waals surface area contributed by atoms with Gasteiger partial charge in [0.2, 0.25) is 9.54 Å². The number of benzene rings is 4. The molecule has 4 heterocycles. The Morgan fingerprint density at radius 2 is 0.989 bits per heavy atom. The molecule has 0 bridgehead atoms. The zero-order valence-corrected chi connectivity index (χ0v) is 48.3. The predicted molar refractivity (Wildman–Crippen MR) is 323 cm³/mol. The molecule has 2 aliphatic rings.